The third kappa shape index (κ3) is 3.78. The molecule has 0 aliphatic rings. The highest BCUT2D eigenvalue weighted by Crippen LogP contribution is 2.14. The number of benzene rings is 1. The van der Waals surface area contributed by atoms with Gasteiger partial charge in [-0.05, 0) is 31.2 Å². The van der Waals surface area contributed by atoms with Crippen LogP contribution in [0.5, 0.6) is 5.75 Å². The van der Waals surface area contributed by atoms with E-state index in [9.17, 15) is 9.18 Å². The molecular weight excluding hydrogens is 259 g/mol. The van der Waals surface area contributed by atoms with Crippen LogP contribution in [0.15, 0.2) is 42.6 Å². The van der Waals surface area contributed by atoms with Crippen molar-refractivity contribution in [3.63, 3.8) is 0 Å². The molecule has 1 heterocycles. The Morgan fingerprint density at radius 1 is 1.30 bits per heavy atom. The van der Waals surface area contributed by atoms with Gasteiger partial charge < -0.3 is 10.1 Å². The van der Waals surface area contributed by atoms with E-state index in [0.717, 1.165) is 5.69 Å². The number of aromatic nitrogens is 1. The normalized spacial score (nSPS) is 10.1. The second-order valence-electron chi connectivity index (χ2n) is 4.22. The molecule has 20 heavy (non-hydrogen) atoms. The molecule has 0 fully saturated rings. The zero-order chi connectivity index (χ0) is 14.4. The molecule has 1 N–H and O–H groups in total. The average molecular weight is 274 g/mol. The van der Waals surface area contributed by atoms with Gasteiger partial charge in [0, 0.05) is 11.9 Å². The van der Waals surface area contributed by atoms with Gasteiger partial charge in [-0.3, -0.25) is 9.78 Å². The van der Waals surface area contributed by atoms with E-state index < -0.39 is 5.82 Å². The molecule has 0 aliphatic carbocycles. The van der Waals surface area contributed by atoms with E-state index in [4.69, 9.17) is 4.74 Å². The minimum absolute atomic E-state index is 0.179. The molecule has 1 aromatic heterocycles. The molecule has 2 aromatic rings. The summed E-state index contributed by atoms with van der Waals surface area (Å²) in [6.07, 6.45) is 1.52. The van der Waals surface area contributed by atoms with Crippen LogP contribution < -0.4 is 10.1 Å². The third-order valence-electron chi connectivity index (χ3n) is 2.66. The molecule has 0 atom stereocenters. The van der Waals surface area contributed by atoms with Crippen molar-refractivity contribution in [3.8, 4) is 5.75 Å². The Labute approximate surface area is 116 Å². The van der Waals surface area contributed by atoms with Gasteiger partial charge in [0.15, 0.2) is 11.6 Å². The number of hydrogen-bond donors (Lipinski definition) is 1. The summed E-state index contributed by atoms with van der Waals surface area (Å²) in [5, 5.41) is 2.68. The van der Waals surface area contributed by atoms with Crippen LogP contribution in [-0.4, -0.2) is 24.0 Å². The van der Waals surface area contributed by atoms with Crippen LogP contribution in [0.2, 0.25) is 0 Å². The molecule has 0 saturated heterocycles. The molecular formula is C15H15FN2O2. The highest BCUT2D eigenvalue weighted by molar-refractivity contribution is 5.93. The maximum atomic E-state index is 13.3. The fourth-order valence-corrected chi connectivity index (χ4v) is 1.59. The number of ether oxygens (including phenoxy) is 1. The maximum Gasteiger partial charge on any atom is 0.252 e. The number of aryl methyl sites for hydroxylation is 1. The summed E-state index contributed by atoms with van der Waals surface area (Å²) < 4.78 is 18.5. The molecule has 4 nitrogen and oxygen atoms in total. The standard InChI is InChI=1S/C15H15FN2O2/c1-11-6-7-12(10-18-11)15(19)17-8-9-20-14-5-3-2-4-13(14)16/h2-7,10H,8-9H2,1H3,(H,17,19). The van der Waals surface area contributed by atoms with E-state index in [-0.39, 0.29) is 18.3 Å². The van der Waals surface area contributed by atoms with E-state index in [1.54, 1.807) is 30.3 Å². The number of carbonyl (C=O) groups excluding carboxylic acids is 1. The zero-order valence-electron chi connectivity index (χ0n) is 11.1. The Balaban J connectivity index is 1.77. The van der Waals surface area contributed by atoms with E-state index >= 15 is 0 Å². The van der Waals surface area contributed by atoms with Crippen molar-refractivity contribution in [2.45, 2.75) is 6.92 Å². The van der Waals surface area contributed by atoms with Gasteiger partial charge in [-0.25, -0.2) is 4.39 Å². The molecule has 2 rings (SSSR count). The summed E-state index contributed by atoms with van der Waals surface area (Å²) in [5.41, 5.74) is 1.34. The van der Waals surface area contributed by atoms with Gasteiger partial charge in [0.2, 0.25) is 0 Å². The molecule has 1 amide bonds. The summed E-state index contributed by atoms with van der Waals surface area (Å²) in [7, 11) is 0. The number of amides is 1. The summed E-state index contributed by atoms with van der Waals surface area (Å²) in [6.45, 7) is 2.34. The molecule has 0 spiro atoms. The van der Waals surface area contributed by atoms with Crippen LogP contribution in [-0.2, 0) is 0 Å². The molecule has 0 aliphatic heterocycles. The first kappa shape index (κ1) is 14.0. The van der Waals surface area contributed by atoms with Crippen LogP contribution in [0.25, 0.3) is 0 Å². The number of pyridine rings is 1. The number of nitrogens with zero attached hydrogens (tertiary/aromatic N) is 1. The fraction of sp³-hybridized carbons (Fsp3) is 0.200. The van der Waals surface area contributed by atoms with Crippen LogP contribution in [0.4, 0.5) is 4.39 Å². The van der Waals surface area contributed by atoms with Crippen molar-refractivity contribution >= 4 is 5.91 Å². The Morgan fingerprint density at radius 2 is 2.10 bits per heavy atom. The largest absolute Gasteiger partial charge is 0.489 e. The van der Waals surface area contributed by atoms with Crippen LogP contribution in [0.3, 0.4) is 0 Å². The lowest BCUT2D eigenvalue weighted by molar-refractivity contribution is 0.0946. The average Bonchev–Trinajstić information content (AvgIpc) is 2.46. The Bertz CT molecular complexity index is 585. The zero-order valence-corrected chi connectivity index (χ0v) is 11.1. The van der Waals surface area contributed by atoms with E-state index in [1.807, 2.05) is 6.92 Å². The van der Waals surface area contributed by atoms with Crippen LogP contribution >= 0.6 is 0 Å². The minimum atomic E-state index is -0.415. The minimum Gasteiger partial charge on any atom is -0.489 e. The second kappa shape index (κ2) is 6.65. The predicted molar refractivity (Wildman–Crippen MR) is 73.2 cm³/mol. The van der Waals surface area contributed by atoms with Gasteiger partial charge >= 0.3 is 0 Å². The Kier molecular flexibility index (Phi) is 4.65. The van der Waals surface area contributed by atoms with Crippen LogP contribution in [0.1, 0.15) is 16.1 Å². The second-order valence-corrected chi connectivity index (χ2v) is 4.22. The molecule has 1 aromatic carbocycles. The number of para-hydroxylation sites is 1. The first-order valence-corrected chi connectivity index (χ1v) is 6.25. The van der Waals surface area contributed by atoms with Crippen molar-refractivity contribution in [2.24, 2.45) is 0 Å². The number of halogens is 1. The molecule has 0 unspecified atom stereocenters. The number of nitrogens with one attached hydrogen (secondary N) is 1. The summed E-state index contributed by atoms with van der Waals surface area (Å²) in [5.74, 6) is -0.463. The predicted octanol–water partition coefficient (Wildman–Crippen LogP) is 2.34. The highest BCUT2D eigenvalue weighted by Gasteiger charge is 2.05. The fourth-order valence-electron chi connectivity index (χ4n) is 1.59. The van der Waals surface area contributed by atoms with Crippen LogP contribution in [0, 0.1) is 12.7 Å². The lowest BCUT2D eigenvalue weighted by atomic mass is 10.2. The first-order chi connectivity index (χ1) is 9.66. The molecule has 104 valence electrons. The Hall–Kier alpha value is -2.43. The van der Waals surface area contributed by atoms with Crippen molar-refractivity contribution in [1.82, 2.24) is 10.3 Å². The van der Waals surface area contributed by atoms with E-state index in [0.29, 0.717) is 12.1 Å². The number of hydrogen-bond acceptors (Lipinski definition) is 3. The first-order valence-electron chi connectivity index (χ1n) is 6.25. The molecule has 0 radical (unpaired) electrons. The topological polar surface area (TPSA) is 51.2 Å². The summed E-state index contributed by atoms with van der Waals surface area (Å²) in [6, 6.07) is 9.62. The molecule has 0 bridgehead atoms. The lowest BCUT2D eigenvalue weighted by Gasteiger charge is -2.08. The van der Waals surface area contributed by atoms with Gasteiger partial charge in [0.05, 0.1) is 12.1 Å². The summed E-state index contributed by atoms with van der Waals surface area (Å²) >= 11 is 0. The highest BCUT2D eigenvalue weighted by atomic mass is 19.1. The monoisotopic (exact) mass is 274 g/mol. The van der Waals surface area contributed by atoms with Crippen molar-refractivity contribution in [2.75, 3.05) is 13.2 Å². The van der Waals surface area contributed by atoms with E-state index in [2.05, 4.69) is 10.3 Å². The number of rotatable bonds is 5. The molecule has 0 saturated carbocycles. The van der Waals surface area contributed by atoms with Crippen molar-refractivity contribution < 1.29 is 13.9 Å². The Morgan fingerprint density at radius 3 is 2.80 bits per heavy atom. The van der Waals surface area contributed by atoms with E-state index in [1.165, 1.54) is 12.3 Å². The van der Waals surface area contributed by atoms with Gasteiger partial charge in [0.1, 0.15) is 6.61 Å². The van der Waals surface area contributed by atoms with Gasteiger partial charge in [-0.1, -0.05) is 12.1 Å². The third-order valence-corrected chi connectivity index (χ3v) is 2.66. The quantitative estimate of drug-likeness (QED) is 0.851. The maximum absolute atomic E-state index is 13.3. The smallest absolute Gasteiger partial charge is 0.252 e. The van der Waals surface area contributed by atoms with Crippen molar-refractivity contribution in [3.05, 3.63) is 59.7 Å². The van der Waals surface area contributed by atoms with Gasteiger partial charge in [-0.2, -0.15) is 0 Å². The lowest BCUT2D eigenvalue weighted by Crippen LogP contribution is -2.28. The van der Waals surface area contributed by atoms with Crippen molar-refractivity contribution in [1.29, 1.82) is 0 Å². The molecule has 5 heteroatoms. The number of carbonyl (C=O) groups is 1. The van der Waals surface area contributed by atoms with Gasteiger partial charge in [0.25, 0.3) is 5.91 Å². The SMILES string of the molecule is Cc1ccc(C(=O)NCCOc2ccccc2F)cn1. The summed E-state index contributed by atoms with van der Waals surface area (Å²) in [4.78, 5) is 15.8. The van der Waals surface area contributed by atoms with Gasteiger partial charge in [-0.15, -0.1) is 0 Å².